The lowest BCUT2D eigenvalue weighted by atomic mass is 10.1. The number of hydrogen-bond acceptors (Lipinski definition) is 6. The first-order chi connectivity index (χ1) is 14.0. The third-order valence-corrected chi connectivity index (χ3v) is 5.84. The van der Waals surface area contributed by atoms with Crippen LogP contribution in [0, 0.1) is 5.92 Å². The van der Waals surface area contributed by atoms with Crippen LogP contribution in [0.2, 0.25) is 0 Å². The molecule has 6 nitrogen and oxygen atoms in total. The minimum absolute atomic E-state index is 0.411. The van der Waals surface area contributed by atoms with Crippen LogP contribution in [0.1, 0.15) is 26.2 Å². The van der Waals surface area contributed by atoms with E-state index in [0.717, 1.165) is 49.1 Å². The number of allylic oxidation sites excluding steroid dienone is 3. The van der Waals surface area contributed by atoms with E-state index in [1.165, 1.54) is 24.2 Å². The molecule has 0 radical (unpaired) electrons. The minimum Gasteiger partial charge on any atom is -0.385 e. The van der Waals surface area contributed by atoms with Crippen molar-refractivity contribution in [2.45, 2.75) is 32.2 Å². The Kier molecular flexibility index (Phi) is 5.43. The number of anilines is 1. The first kappa shape index (κ1) is 19.3. The molecule has 1 aliphatic carbocycles. The summed E-state index contributed by atoms with van der Waals surface area (Å²) in [6, 6.07) is 2.21. The molecule has 0 spiro atoms. The normalized spacial score (nSPS) is 20.9. The van der Waals surface area contributed by atoms with Gasteiger partial charge in [0.25, 0.3) is 0 Å². The highest BCUT2D eigenvalue weighted by molar-refractivity contribution is 5.41. The topological polar surface area (TPSA) is 56.3 Å². The number of nitrogens with one attached hydrogen (secondary N) is 2. The van der Waals surface area contributed by atoms with Crippen molar-refractivity contribution < 1.29 is 0 Å². The first-order valence-corrected chi connectivity index (χ1v) is 10.3. The van der Waals surface area contributed by atoms with Gasteiger partial charge in [0.15, 0.2) is 0 Å². The van der Waals surface area contributed by atoms with Gasteiger partial charge in [-0.2, -0.15) is 0 Å². The van der Waals surface area contributed by atoms with Crippen LogP contribution in [0.3, 0.4) is 0 Å². The van der Waals surface area contributed by atoms with Crippen molar-refractivity contribution in [3.05, 3.63) is 78.8 Å². The van der Waals surface area contributed by atoms with E-state index in [1.54, 1.807) is 18.5 Å². The molecule has 3 aliphatic rings. The molecule has 1 atom stereocenters. The molecule has 2 bridgehead atoms. The summed E-state index contributed by atoms with van der Waals surface area (Å²) in [6.07, 6.45) is 11.4. The van der Waals surface area contributed by atoms with Crippen molar-refractivity contribution in [2.75, 3.05) is 25.0 Å². The Morgan fingerprint density at radius 3 is 2.69 bits per heavy atom. The summed E-state index contributed by atoms with van der Waals surface area (Å²) in [4.78, 5) is 13.2. The van der Waals surface area contributed by atoms with Crippen molar-refractivity contribution in [2.24, 2.45) is 5.92 Å². The SMILES string of the molecule is C=C(/C=C\C1=C(C)N(C(=C)Nc2ncccn2)[C@H]2CCN1C2)C(=C)NCC1CC1. The summed E-state index contributed by atoms with van der Waals surface area (Å²) in [5, 5.41) is 6.66. The van der Waals surface area contributed by atoms with Crippen molar-refractivity contribution in [1.29, 1.82) is 0 Å². The molecule has 29 heavy (non-hydrogen) atoms. The molecule has 1 saturated carbocycles. The van der Waals surface area contributed by atoms with Crippen LogP contribution in [0.4, 0.5) is 5.95 Å². The largest absolute Gasteiger partial charge is 0.385 e. The van der Waals surface area contributed by atoms with Crippen LogP contribution in [-0.4, -0.2) is 45.4 Å². The molecule has 0 unspecified atom stereocenters. The molecule has 6 heteroatoms. The first-order valence-electron chi connectivity index (χ1n) is 10.3. The van der Waals surface area contributed by atoms with Gasteiger partial charge in [0, 0.05) is 43.4 Å². The highest BCUT2D eigenvalue weighted by Crippen LogP contribution is 2.34. The fourth-order valence-electron chi connectivity index (χ4n) is 3.98. The second kappa shape index (κ2) is 8.15. The molecule has 1 aromatic rings. The van der Waals surface area contributed by atoms with Gasteiger partial charge in [-0.3, -0.25) is 0 Å². The Morgan fingerprint density at radius 2 is 1.97 bits per heavy atom. The summed E-state index contributed by atoms with van der Waals surface area (Å²) in [5.74, 6) is 2.18. The van der Waals surface area contributed by atoms with Gasteiger partial charge in [-0.1, -0.05) is 25.8 Å². The van der Waals surface area contributed by atoms with E-state index in [-0.39, 0.29) is 0 Å². The zero-order chi connectivity index (χ0) is 20.4. The van der Waals surface area contributed by atoms with Gasteiger partial charge in [0.2, 0.25) is 5.95 Å². The second-order valence-corrected chi connectivity index (χ2v) is 8.03. The molecule has 0 aromatic carbocycles. The molecular formula is C23H30N6. The van der Waals surface area contributed by atoms with Gasteiger partial charge in [0.1, 0.15) is 5.82 Å². The van der Waals surface area contributed by atoms with Gasteiger partial charge < -0.3 is 20.4 Å². The van der Waals surface area contributed by atoms with Crippen LogP contribution < -0.4 is 10.6 Å². The smallest absolute Gasteiger partial charge is 0.228 e. The highest BCUT2D eigenvalue weighted by Gasteiger charge is 2.36. The Morgan fingerprint density at radius 1 is 1.21 bits per heavy atom. The maximum absolute atomic E-state index is 4.26. The summed E-state index contributed by atoms with van der Waals surface area (Å²) in [6.45, 7) is 17.8. The second-order valence-electron chi connectivity index (χ2n) is 8.03. The lowest BCUT2D eigenvalue weighted by Crippen LogP contribution is -2.42. The van der Waals surface area contributed by atoms with E-state index in [9.17, 15) is 0 Å². The van der Waals surface area contributed by atoms with E-state index >= 15 is 0 Å². The maximum atomic E-state index is 4.26. The van der Waals surface area contributed by atoms with E-state index in [1.807, 2.05) is 0 Å². The predicted molar refractivity (Wildman–Crippen MR) is 117 cm³/mol. The number of nitrogens with zero attached hydrogens (tertiary/aromatic N) is 4. The van der Waals surface area contributed by atoms with Crippen molar-refractivity contribution in [3.63, 3.8) is 0 Å². The number of fused-ring (bicyclic) bond motifs is 2. The van der Waals surface area contributed by atoms with Crippen LogP contribution >= 0.6 is 0 Å². The van der Waals surface area contributed by atoms with Crippen molar-refractivity contribution in [3.8, 4) is 0 Å². The monoisotopic (exact) mass is 390 g/mol. The maximum Gasteiger partial charge on any atom is 0.228 e. The molecule has 2 N–H and O–H groups in total. The molecule has 152 valence electrons. The molecule has 3 heterocycles. The fourth-order valence-corrected chi connectivity index (χ4v) is 3.98. The highest BCUT2D eigenvalue weighted by atomic mass is 15.4. The van der Waals surface area contributed by atoms with Gasteiger partial charge in [0.05, 0.1) is 11.7 Å². The van der Waals surface area contributed by atoms with Crippen LogP contribution in [0.5, 0.6) is 0 Å². The van der Waals surface area contributed by atoms with E-state index in [2.05, 4.69) is 69.2 Å². The van der Waals surface area contributed by atoms with Crippen LogP contribution in [0.25, 0.3) is 0 Å². The summed E-state index contributed by atoms with van der Waals surface area (Å²) in [5.41, 5.74) is 4.21. The number of rotatable bonds is 9. The Labute approximate surface area is 173 Å². The zero-order valence-electron chi connectivity index (χ0n) is 17.2. The Bertz CT molecular complexity index is 865. The van der Waals surface area contributed by atoms with Crippen molar-refractivity contribution in [1.82, 2.24) is 25.1 Å². The standard InChI is InChI=1S/C23H30N6/c1-16(17(2)26-14-20-7-8-20)6-9-22-18(3)29(21-10-13-28(22)15-21)19(4)27-23-24-11-5-12-25-23/h5-6,9,11-12,20-21,26H,1-2,4,7-8,10,13-15H2,3H3,(H,24,25,27)/b9-6-/t21-/m0/s1. The molecule has 2 fully saturated rings. The Hall–Kier alpha value is -3.02. The molecule has 4 rings (SSSR count). The van der Waals surface area contributed by atoms with Gasteiger partial charge in [-0.25, -0.2) is 9.97 Å². The third kappa shape index (κ3) is 4.36. The minimum atomic E-state index is 0.411. The van der Waals surface area contributed by atoms with Gasteiger partial charge in [-0.15, -0.1) is 0 Å². The lowest BCUT2D eigenvalue weighted by Gasteiger charge is -2.39. The number of hydrogen-bond donors (Lipinski definition) is 2. The predicted octanol–water partition coefficient (Wildman–Crippen LogP) is 3.61. The molecule has 1 aromatic heterocycles. The van der Waals surface area contributed by atoms with Crippen LogP contribution in [0.15, 0.2) is 78.8 Å². The lowest BCUT2D eigenvalue weighted by molar-refractivity contribution is 0.269. The molecule has 1 saturated heterocycles. The Balaban J connectivity index is 1.47. The van der Waals surface area contributed by atoms with E-state index in [0.29, 0.717) is 12.0 Å². The fraction of sp³-hybridized carbons (Fsp3) is 0.391. The van der Waals surface area contributed by atoms with Crippen molar-refractivity contribution >= 4 is 5.95 Å². The van der Waals surface area contributed by atoms with Crippen LogP contribution in [-0.2, 0) is 0 Å². The molecular weight excluding hydrogens is 360 g/mol. The molecule has 2 aliphatic heterocycles. The van der Waals surface area contributed by atoms with E-state index < -0.39 is 0 Å². The number of aromatic nitrogens is 2. The zero-order valence-corrected chi connectivity index (χ0v) is 17.2. The summed E-state index contributed by atoms with van der Waals surface area (Å²) >= 11 is 0. The van der Waals surface area contributed by atoms with E-state index in [4.69, 9.17) is 0 Å². The third-order valence-electron chi connectivity index (χ3n) is 5.84. The average Bonchev–Trinajstić information content (AvgIpc) is 3.46. The molecule has 0 amide bonds. The summed E-state index contributed by atoms with van der Waals surface area (Å²) in [7, 11) is 0. The van der Waals surface area contributed by atoms with Gasteiger partial charge in [-0.05, 0) is 49.8 Å². The average molecular weight is 391 g/mol. The summed E-state index contributed by atoms with van der Waals surface area (Å²) < 4.78 is 0. The van der Waals surface area contributed by atoms with Gasteiger partial charge >= 0.3 is 0 Å². The quantitative estimate of drug-likeness (QED) is 0.628.